The van der Waals surface area contributed by atoms with Gasteiger partial charge in [0.25, 0.3) is 0 Å². The topological polar surface area (TPSA) is 15.3 Å². The Bertz CT molecular complexity index is 313. The van der Waals surface area contributed by atoms with Gasteiger partial charge in [-0.05, 0) is 53.2 Å². The number of rotatable bonds is 7. The van der Waals surface area contributed by atoms with Crippen LogP contribution in [0.15, 0.2) is 35.2 Å². The van der Waals surface area contributed by atoms with E-state index in [9.17, 15) is 0 Å². The molecule has 0 amide bonds. The molecule has 3 heteroatoms. The average molecular weight is 252 g/mol. The van der Waals surface area contributed by atoms with Crippen LogP contribution in [0.3, 0.4) is 0 Å². The van der Waals surface area contributed by atoms with Crippen molar-refractivity contribution >= 4 is 11.8 Å². The van der Waals surface area contributed by atoms with Crippen LogP contribution in [0.5, 0.6) is 0 Å². The fraction of sp³-hybridized carbons (Fsp3) is 0.571. The van der Waals surface area contributed by atoms with Crippen molar-refractivity contribution in [2.75, 3.05) is 33.4 Å². The zero-order valence-electron chi connectivity index (χ0n) is 11.4. The van der Waals surface area contributed by atoms with Crippen LogP contribution in [-0.2, 0) is 0 Å². The first-order chi connectivity index (χ1) is 8.06. The van der Waals surface area contributed by atoms with E-state index in [1.807, 2.05) is 11.8 Å². The van der Waals surface area contributed by atoms with Gasteiger partial charge in [0.15, 0.2) is 0 Å². The van der Waals surface area contributed by atoms with Crippen molar-refractivity contribution in [2.24, 2.45) is 0 Å². The van der Waals surface area contributed by atoms with E-state index in [2.05, 4.69) is 68.6 Å². The van der Waals surface area contributed by atoms with Gasteiger partial charge in [-0.15, -0.1) is 11.8 Å². The van der Waals surface area contributed by atoms with Gasteiger partial charge in [0, 0.05) is 16.2 Å². The fourth-order valence-corrected chi connectivity index (χ4v) is 2.62. The summed E-state index contributed by atoms with van der Waals surface area (Å²) in [4.78, 5) is 3.59. The van der Waals surface area contributed by atoms with E-state index in [4.69, 9.17) is 0 Å². The van der Waals surface area contributed by atoms with Crippen LogP contribution in [-0.4, -0.2) is 43.9 Å². The first kappa shape index (κ1) is 14.6. The number of thioether (sulfide) groups is 1. The Labute approximate surface area is 110 Å². The number of nitrogens with one attached hydrogen (secondary N) is 1. The minimum Gasteiger partial charge on any atom is -0.314 e. The summed E-state index contributed by atoms with van der Waals surface area (Å²) in [7, 11) is 6.31. The molecule has 1 atom stereocenters. The molecule has 0 aromatic heterocycles. The minimum absolute atomic E-state index is 0.199. The molecular weight excluding hydrogens is 228 g/mol. The molecule has 1 aromatic carbocycles. The molecule has 0 radical (unpaired) electrons. The zero-order chi connectivity index (χ0) is 12.7. The van der Waals surface area contributed by atoms with Gasteiger partial charge in [0.1, 0.15) is 0 Å². The molecule has 1 rings (SSSR count). The molecule has 0 aliphatic heterocycles. The van der Waals surface area contributed by atoms with Crippen molar-refractivity contribution < 1.29 is 0 Å². The summed E-state index contributed by atoms with van der Waals surface area (Å²) in [5.74, 6) is 1.10. The summed E-state index contributed by atoms with van der Waals surface area (Å²) < 4.78 is 0. The molecule has 0 fully saturated rings. The lowest BCUT2D eigenvalue weighted by Crippen LogP contribution is -2.44. The van der Waals surface area contributed by atoms with Crippen molar-refractivity contribution in [3.05, 3.63) is 30.3 Å². The van der Waals surface area contributed by atoms with Crippen LogP contribution >= 0.6 is 11.8 Å². The standard InChI is InChI=1S/C14H24N2S/c1-14(15-2,10-11-16(3)4)12-17-13-8-6-5-7-9-13/h5-9,15H,10-12H2,1-4H3/t14-/m1/s1. The van der Waals surface area contributed by atoms with Crippen molar-refractivity contribution in [2.45, 2.75) is 23.8 Å². The highest BCUT2D eigenvalue weighted by atomic mass is 32.2. The van der Waals surface area contributed by atoms with Crippen molar-refractivity contribution in [1.29, 1.82) is 0 Å². The first-order valence-electron chi connectivity index (χ1n) is 6.07. The van der Waals surface area contributed by atoms with Crippen LogP contribution in [0, 0.1) is 0 Å². The number of hydrogen-bond donors (Lipinski definition) is 1. The van der Waals surface area contributed by atoms with Crippen LogP contribution in [0.25, 0.3) is 0 Å². The molecule has 2 nitrogen and oxygen atoms in total. The largest absolute Gasteiger partial charge is 0.314 e. The third-order valence-corrected chi connectivity index (χ3v) is 4.40. The van der Waals surface area contributed by atoms with Gasteiger partial charge < -0.3 is 10.2 Å². The molecule has 0 aliphatic carbocycles. The summed E-state index contributed by atoms with van der Waals surface area (Å²) in [6.07, 6.45) is 1.16. The van der Waals surface area contributed by atoms with Gasteiger partial charge in [-0.25, -0.2) is 0 Å². The fourth-order valence-electron chi connectivity index (χ4n) is 1.50. The molecule has 1 aromatic rings. The molecule has 0 spiro atoms. The van der Waals surface area contributed by atoms with E-state index in [0.29, 0.717) is 0 Å². The van der Waals surface area contributed by atoms with Crippen molar-refractivity contribution in [3.8, 4) is 0 Å². The maximum absolute atomic E-state index is 3.46. The van der Waals surface area contributed by atoms with E-state index < -0.39 is 0 Å². The van der Waals surface area contributed by atoms with E-state index in [-0.39, 0.29) is 5.54 Å². The van der Waals surface area contributed by atoms with Crippen molar-refractivity contribution in [1.82, 2.24) is 10.2 Å². The van der Waals surface area contributed by atoms with Gasteiger partial charge in [-0.1, -0.05) is 18.2 Å². The van der Waals surface area contributed by atoms with Crippen LogP contribution in [0.2, 0.25) is 0 Å². The normalized spacial score (nSPS) is 14.9. The van der Waals surface area contributed by atoms with E-state index in [1.165, 1.54) is 4.90 Å². The molecule has 0 saturated carbocycles. The second kappa shape index (κ2) is 7.04. The zero-order valence-corrected chi connectivity index (χ0v) is 12.2. The van der Waals surface area contributed by atoms with Crippen molar-refractivity contribution in [3.63, 3.8) is 0 Å². The predicted octanol–water partition coefficient (Wildman–Crippen LogP) is 2.71. The van der Waals surface area contributed by atoms with Crippen LogP contribution < -0.4 is 5.32 Å². The Morgan fingerprint density at radius 1 is 1.24 bits per heavy atom. The minimum atomic E-state index is 0.199. The van der Waals surface area contributed by atoms with Gasteiger partial charge in [-0.3, -0.25) is 0 Å². The summed E-state index contributed by atoms with van der Waals surface area (Å²) >= 11 is 1.92. The highest BCUT2D eigenvalue weighted by Gasteiger charge is 2.21. The Kier molecular flexibility index (Phi) is 6.03. The maximum Gasteiger partial charge on any atom is 0.0256 e. The second-order valence-corrected chi connectivity index (χ2v) is 6.01. The summed E-state index contributed by atoms with van der Waals surface area (Å²) in [5, 5.41) is 3.46. The lowest BCUT2D eigenvalue weighted by molar-refractivity contribution is 0.316. The Balaban J connectivity index is 2.45. The van der Waals surface area contributed by atoms with Crippen LogP contribution in [0.1, 0.15) is 13.3 Å². The molecular formula is C14H24N2S. The summed E-state index contributed by atoms with van der Waals surface area (Å²) in [6.45, 7) is 3.42. The van der Waals surface area contributed by atoms with Gasteiger partial charge in [-0.2, -0.15) is 0 Å². The highest BCUT2D eigenvalue weighted by Crippen LogP contribution is 2.24. The average Bonchev–Trinajstić information content (AvgIpc) is 2.35. The smallest absolute Gasteiger partial charge is 0.0256 e. The molecule has 0 bridgehead atoms. The first-order valence-corrected chi connectivity index (χ1v) is 7.06. The molecule has 0 heterocycles. The number of hydrogen-bond acceptors (Lipinski definition) is 3. The molecule has 96 valence electrons. The lowest BCUT2D eigenvalue weighted by Gasteiger charge is -2.30. The molecule has 17 heavy (non-hydrogen) atoms. The maximum atomic E-state index is 3.46. The predicted molar refractivity (Wildman–Crippen MR) is 77.8 cm³/mol. The molecule has 0 saturated heterocycles. The quantitative estimate of drug-likeness (QED) is 0.751. The molecule has 0 unspecified atom stereocenters. The molecule has 0 aliphatic rings. The van der Waals surface area contributed by atoms with Gasteiger partial charge in [0.05, 0.1) is 0 Å². The summed E-state index contributed by atoms with van der Waals surface area (Å²) in [5.41, 5.74) is 0.199. The van der Waals surface area contributed by atoms with Gasteiger partial charge >= 0.3 is 0 Å². The van der Waals surface area contributed by atoms with E-state index in [0.717, 1.165) is 18.7 Å². The molecule has 1 N–H and O–H groups in total. The third kappa shape index (κ3) is 5.57. The van der Waals surface area contributed by atoms with Gasteiger partial charge in [0.2, 0.25) is 0 Å². The van der Waals surface area contributed by atoms with Crippen LogP contribution in [0.4, 0.5) is 0 Å². The SMILES string of the molecule is CN[C@](C)(CCN(C)C)CSc1ccccc1. The monoisotopic (exact) mass is 252 g/mol. The summed E-state index contributed by atoms with van der Waals surface area (Å²) in [6, 6.07) is 10.6. The second-order valence-electron chi connectivity index (χ2n) is 4.97. The van der Waals surface area contributed by atoms with E-state index >= 15 is 0 Å². The Morgan fingerprint density at radius 3 is 2.41 bits per heavy atom. The lowest BCUT2D eigenvalue weighted by atomic mass is 10.0. The number of nitrogens with zero attached hydrogens (tertiary/aromatic N) is 1. The third-order valence-electron chi connectivity index (χ3n) is 3.01. The highest BCUT2D eigenvalue weighted by molar-refractivity contribution is 7.99. The number of benzene rings is 1. The Hall–Kier alpha value is -0.510. The van der Waals surface area contributed by atoms with E-state index in [1.54, 1.807) is 0 Å². The Morgan fingerprint density at radius 2 is 1.88 bits per heavy atom.